The lowest BCUT2D eigenvalue weighted by molar-refractivity contribution is 0.335. The summed E-state index contributed by atoms with van der Waals surface area (Å²) < 4.78 is 5.92. The third-order valence-electron chi connectivity index (χ3n) is 4.78. The second-order valence-corrected chi connectivity index (χ2v) is 6.60. The third-order valence-corrected chi connectivity index (χ3v) is 4.78. The van der Waals surface area contributed by atoms with Gasteiger partial charge in [0.2, 0.25) is 0 Å². The van der Waals surface area contributed by atoms with Crippen LogP contribution in [0.2, 0.25) is 0 Å². The van der Waals surface area contributed by atoms with Crippen LogP contribution in [-0.4, -0.2) is 32.1 Å². The van der Waals surface area contributed by atoms with E-state index in [1.54, 1.807) is 0 Å². The summed E-state index contributed by atoms with van der Waals surface area (Å²) in [5.74, 6) is 1.54. The molecule has 0 aromatic heterocycles. The minimum Gasteiger partial charge on any atom is -0.494 e. The van der Waals surface area contributed by atoms with Crippen LogP contribution in [0, 0.1) is 0 Å². The maximum Gasteiger partial charge on any atom is 0.122 e. The van der Waals surface area contributed by atoms with Crippen LogP contribution in [0.5, 0.6) is 5.75 Å². The number of hydrogen-bond acceptors (Lipinski definition) is 2. The van der Waals surface area contributed by atoms with Gasteiger partial charge in [-0.3, -0.25) is 0 Å². The van der Waals surface area contributed by atoms with Gasteiger partial charge in [0.1, 0.15) is 5.75 Å². The molecule has 3 rings (SSSR count). The maximum absolute atomic E-state index is 5.92. The van der Waals surface area contributed by atoms with Gasteiger partial charge in [-0.05, 0) is 75.1 Å². The number of rotatable bonds is 5. The highest BCUT2D eigenvalue weighted by Crippen LogP contribution is 2.39. The first-order chi connectivity index (χ1) is 11.2. The summed E-state index contributed by atoms with van der Waals surface area (Å²) in [4.78, 5) is 2.28. The van der Waals surface area contributed by atoms with Gasteiger partial charge < -0.3 is 9.64 Å². The summed E-state index contributed by atoms with van der Waals surface area (Å²) >= 11 is 0. The van der Waals surface area contributed by atoms with Crippen molar-refractivity contribution >= 4 is 0 Å². The Morgan fingerprint density at radius 1 is 1.00 bits per heavy atom. The van der Waals surface area contributed by atoms with Gasteiger partial charge in [-0.2, -0.15) is 0 Å². The second kappa shape index (κ2) is 7.18. The Kier molecular flexibility index (Phi) is 5.02. The fraction of sp³-hybridized carbons (Fsp3) is 0.429. The first-order valence-corrected chi connectivity index (χ1v) is 8.67. The molecular formula is C21H27NO. The van der Waals surface area contributed by atoms with Gasteiger partial charge in [-0.15, -0.1) is 0 Å². The van der Waals surface area contributed by atoms with Crippen LogP contribution in [0.4, 0.5) is 0 Å². The molecule has 1 aliphatic carbocycles. The van der Waals surface area contributed by atoms with E-state index in [1.165, 1.54) is 22.3 Å². The molecule has 2 heteroatoms. The molecule has 0 amide bonds. The predicted octanol–water partition coefficient (Wildman–Crippen LogP) is 4.27. The zero-order valence-electron chi connectivity index (χ0n) is 14.5. The lowest BCUT2D eigenvalue weighted by Gasteiger charge is -2.23. The molecule has 0 fully saturated rings. The molecule has 1 atom stereocenters. The number of fused-ring (bicyclic) bond motifs is 2. The van der Waals surface area contributed by atoms with Gasteiger partial charge in [0.15, 0.2) is 0 Å². The summed E-state index contributed by atoms with van der Waals surface area (Å²) in [6, 6.07) is 15.5. The van der Waals surface area contributed by atoms with Crippen LogP contribution in [0.15, 0.2) is 42.5 Å². The van der Waals surface area contributed by atoms with Crippen LogP contribution in [-0.2, 0) is 12.8 Å². The highest BCUT2D eigenvalue weighted by Gasteiger charge is 2.25. The van der Waals surface area contributed by atoms with Crippen LogP contribution < -0.4 is 4.74 Å². The average Bonchev–Trinajstić information content (AvgIpc) is 2.71. The van der Waals surface area contributed by atoms with E-state index in [4.69, 9.17) is 4.74 Å². The van der Waals surface area contributed by atoms with E-state index < -0.39 is 0 Å². The fourth-order valence-corrected chi connectivity index (χ4v) is 3.69. The summed E-state index contributed by atoms with van der Waals surface area (Å²) in [5.41, 5.74) is 5.87. The number of hydrogen-bond donors (Lipinski definition) is 0. The highest BCUT2D eigenvalue weighted by molar-refractivity contribution is 5.50. The zero-order chi connectivity index (χ0) is 16.2. The zero-order valence-corrected chi connectivity index (χ0v) is 14.5. The molecular weight excluding hydrogens is 282 g/mol. The molecule has 0 bridgehead atoms. The molecule has 0 aliphatic heterocycles. The monoisotopic (exact) mass is 309 g/mol. The second-order valence-electron chi connectivity index (χ2n) is 6.60. The van der Waals surface area contributed by atoms with E-state index in [-0.39, 0.29) is 0 Å². The Balaban J connectivity index is 2.07. The standard InChI is InChI=1S/C21H27NO/c1-4-23-21-11-7-10-18-19(14-15-22(2)3)17-9-6-5-8-16(17)12-13-20(18)21/h5-11,19H,4,12-15H2,1-3H3. The Morgan fingerprint density at radius 3 is 2.57 bits per heavy atom. The number of ether oxygens (including phenoxy) is 1. The Labute approximate surface area is 140 Å². The third kappa shape index (κ3) is 3.42. The molecule has 23 heavy (non-hydrogen) atoms. The smallest absolute Gasteiger partial charge is 0.122 e. The van der Waals surface area contributed by atoms with Crippen molar-refractivity contribution in [3.05, 3.63) is 64.7 Å². The molecule has 1 aliphatic rings. The van der Waals surface area contributed by atoms with Crippen molar-refractivity contribution in [2.45, 2.75) is 32.1 Å². The molecule has 1 unspecified atom stereocenters. The van der Waals surface area contributed by atoms with E-state index >= 15 is 0 Å². The van der Waals surface area contributed by atoms with E-state index in [0.29, 0.717) is 5.92 Å². The topological polar surface area (TPSA) is 12.5 Å². The maximum atomic E-state index is 5.92. The van der Waals surface area contributed by atoms with E-state index in [9.17, 15) is 0 Å². The van der Waals surface area contributed by atoms with Crippen molar-refractivity contribution in [1.29, 1.82) is 0 Å². The quantitative estimate of drug-likeness (QED) is 0.818. The number of aryl methyl sites for hydroxylation is 1. The SMILES string of the molecule is CCOc1cccc2c1CCc1ccccc1C2CCN(C)C. The predicted molar refractivity (Wildman–Crippen MR) is 96.5 cm³/mol. The highest BCUT2D eigenvalue weighted by atomic mass is 16.5. The summed E-state index contributed by atoms with van der Waals surface area (Å²) in [6.07, 6.45) is 3.32. The van der Waals surface area contributed by atoms with Crippen LogP contribution in [0.1, 0.15) is 41.5 Å². The van der Waals surface area contributed by atoms with Gasteiger partial charge in [0.05, 0.1) is 6.61 Å². The minimum atomic E-state index is 0.464. The molecule has 2 nitrogen and oxygen atoms in total. The minimum absolute atomic E-state index is 0.464. The van der Waals surface area contributed by atoms with E-state index in [0.717, 1.165) is 38.2 Å². The van der Waals surface area contributed by atoms with Gasteiger partial charge >= 0.3 is 0 Å². The molecule has 0 saturated heterocycles. The normalized spacial score (nSPS) is 16.6. The summed E-state index contributed by atoms with van der Waals surface area (Å²) in [6.45, 7) is 3.89. The average molecular weight is 309 g/mol. The largest absolute Gasteiger partial charge is 0.494 e. The Hall–Kier alpha value is -1.80. The van der Waals surface area contributed by atoms with Crippen molar-refractivity contribution in [3.8, 4) is 5.75 Å². The molecule has 2 aromatic carbocycles. The Morgan fingerprint density at radius 2 is 1.78 bits per heavy atom. The van der Waals surface area contributed by atoms with E-state index in [2.05, 4.69) is 68.4 Å². The molecule has 0 radical (unpaired) electrons. The van der Waals surface area contributed by atoms with Crippen molar-refractivity contribution < 1.29 is 4.74 Å². The number of benzene rings is 2. The lowest BCUT2D eigenvalue weighted by atomic mass is 9.85. The van der Waals surface area contributed by atoms with Crippen molar-refractivity contribution in [1.82, 2.24) is 4.90 Å². The van der Waals surface area contributed by atoms with Gasteiger partial charge in [0, 0.05) is 5.92 Å². The fourth-order valence-electron chi connectivity index (χ4n) is 3.69. The summed E-state index contributed by atoms with van der Waals surface area (Å²) in [5, 5.41) is 0. The van der Waals surface area contributed by atoms with Gasteiger partial charge in [-0.1, -0.05) is 36.4 Å². The molecule has 122 valence electrons. The van der Waals surface area contributed by atoms with Crippen LogP contribution in [0.25, 0.3) is 0 Å². The molecule has 0 spiro atoms. The first kappa shape index (κ1) is 16.1. The Bertz CT molecular complexity index is 663. The molecule has 0 heterocycles. The molecule has 0 N–H and O–H groups in total. The molecule has 2 aromatic rings. The van der Waals surface area contributed by atoms with Crippen LogP contribution >= 0.6 is 0 Å². The van der Waals surface area contributed by atoms with Crippen molar-refractivity contribution in [2.24, 2.45) is 0 Å². The summed E-state index contributed by atoms with van der Waals surface area (Å²) in [7, 11) is 4.31. The molecule has 0 saturated carbocycles. The van der Waals surface area contributed by atoms with Gasteiger partial charge in [-0.25, -0.2) is 0 Å². The van der Waals surface area contributed by atoms with Crippen molar-refractivity contribution in [2.75, 3.05) is 27.2 Å². The lowest BCUT2D eigenvalue weighted by Crippen LogP contribution is -2.17. The van der Waals surface area contributed by atoms with Crippen molar-refractivity contribution in [3.63, 3.8) is 0 Å². The van der Waals surface area contributed by atoms with Crippen LogP contribution in [0.3, 0.4) is 0 Å². The van der Waals surface area contributed by atoms with E-state index in [1.807, 2.05) is 0 Å². The van der Waals surface area contributed by atoms with Gasteiger partial charge in [0.25, 0.3) is 0 Å². The number of nitrogens with zero attached hydrogens (tertiary/aromatic N) is 1. The first-order valence-electron chi connectivity index (χ1n) is 8.67.